The van der Waals surface area contributed by atoms with E-state index in [1.807, 2.05) is 6.07 Å². The summed E-state index contributed by atoms with van der Waals surface area (Å²) in [5.41, 5.74) is 11.4. The van der Waals surface area contributed by atoms with Crippen LogP contribution in [-0.4, -0.2) is 55.6 Å². The molecule has 0 saturated carbocycles. The van der Waals surface area contributed by atoms with Crippen molar-refractivity contribution in [3.63, 3.8) is 0 Å². The predicted molar refractivity (Wildman–Crippen MR) is 163 cm³/mol. The quantitative estimate of drug-likeness (QED) is 0.355. The summed E-state index contributed by atoms with van der Waals surface area (Å²) in [5.74, 6) is -1.76. The number of benzene rings is 3. The van der Waals surface area contributed by atoms with Crippen LogP contribution in [0.3, 0.4) is 0 Å². The maximum absolute atomic E-state index is 15.2. The van der Waals surface area contributed by atoms with E-state index in [1.54, 1.807) is 22.5 Å². The van der Waals surface area contributed by atoms with Crippen molar-refractivity contribution in [2.75, 3.05) is 24.2 Å². The largest absolute Gasteiger partial charge is 0.324 e. The van der Waals surface area contributed by atoms with E-state index in [2.05, 4.69) is 22.8 Å². The molecule has 5 atom stereocenters. The smallest absolute Gasteiger partial charge is 0.242 e. The van der Waals surface area contributed by atoms with Crippen molar-refractivity contribution < 1.29 is 22.0 Å². The summed E-state index contributed by atoms with van der Waals surface area (Å²) in [5, 5.41) is 6.31. The van der Waals surface area contributed by atoms with Crippen molar-refractivity contribution in [1.29, 1.82) is 0 Å². The number of hydrogen-bond acceptors (Lipinski definition) is 5. The number of aryl methyl sites for hydroxylation is 2. The average Bonchev–Trinajstić information content (AvgIpc) is 3.42. The number of nitrogens with two attached hydrogens (primary N) is 1. The second-order valence-corrected chi connectivity index (χ2v) is 14.1. The molecular formula is C33H38F2N4O3S. The molecule has 2 aliphatic heterocycles. The molecule has 10 heteroatoms. The average molecular weight is 609 g/mol. The molecule has 0 aromatic heterocycles. The molecular weight excluding hydrogens is 570 g/mol. The van der Waals surface area contributed by atoms with Crippen LogP contribution in [0.2, 0.25) is 0 Å². The maximum Gasteiger partial charge on any atom is 0.242 e. The second-order valence-electron chi connectivity index (χ2n) is 12.0. The minimum Gasteiger partial charge on any atom is -0.324 e. The summed E-state index contributed by atoms with van der Waals surface area (Å²) in [7, 11) is -3.37. The van der Waals surface area contributed by atoms with Crippen molar-refractivity contribution in [2.45, 2.75) is 69.0 Å². The lowest BCUT2D eigenvalue weighted by Crippen LogP contribution is -2.57. The molecule has 7 nitrogen and oxygen atoms in total. The lowest BCUT2D eigenvalue weighted by atomic mass is 9.83. The number of halogens is 2. The fraction of sp³-hybridized carbons (Fsp3) is 0.424. The summed E-state index contributed by atoms with van der Waals surface area (Å²) >= 11 is 0. The number of fused-ring (bicyclic) bond motifs is 3. The van der Waals surface area contributed by atoms with Gasteiger partial charge in [-0.25, -0.2) is 17.2 Å². The number of nitrogens with one attached hydrogen (secondary N) is 2. The third-order valence-corrected chi connectivity index (χ3v) is 11.2. The van der Waals surface area contributed by atoms with Gasteiger partial charge in [-0.15, -0.1) is 0 Å². The molecule has 0 radical (unpaired) electrons. The highest BCUT2D eigenvalue weighted by atomic mass is 32.2. The standard InChI is InChI=1S/C33H38F2N4O3S/c34-25-13-11-22(12-14-25)31(24-10-9-21-4-1-5-23(21)18-24)32(36)33(40)38-30-8-2-7-29(35)28(30)16-15-27-19-37-26-6-3-17-43(41,42)39(27)20-26/h2,7-14,18,26-27,31-32,37H,1,3-6,15-17,19-20,36H2,(H,38,40). The third-order valence-electron chi connectivity index (χ3n) is 9.24. The van der Waals surface area contributed by atoms with Crippen molar-refractivity contribution in [3.8, 4) is 0 Å². The Morgan fingerprint density at radius 3 is 2.60 bits per heavy atom. The minimum atomic E-state index is -3.37. The predicted octanol–water partition coefficient (Wildman–Crippen LogP) is 4.25. The summed E-state index contributed by atoms with van der Waals surface area (Å²) in [6.07, 6.45) is 5.15. The monoisotopic (exact) mass is 608 g/mol. The Balaban J connectivity index is 1.23. The van der Waals surface area contributed by atoms with E-state index < -0.39 is 33.7 Å². The van der Waals surface area contributed by atoms with Crippen molar-refractivity contribution in [1.82, 2.24) is 9.62 Å². The van der Waals surface area contributed by atoms with E-state index in [0.29, 0.717) is 42.7 Å². The Hall–Kier alpha value is -3.18. The first-order chi connectivity index (χ1) is 20.7. The van der Waals surface area contributed by atoms with Gasteiger partial charge in [0.2, 0.25) is 15.9 Å². The fourth-order valence-corrected chi connectivity index (χ4v) is 8.72. The van der Waals surface area contributed by atoms with Gasteiger partial charge in [-0.1, -0.05) is 36.4 Å². The first-order valence-electron chi connectivity index (χ1n) is 15.1. The van der Waals surface area contributed by atoms with Crippen LogP contribution in [0.4, 0.5) is 14.5 Å². The van der Waals surface area contributed by atoms with Crippen LogP contribution in [0.5, 0.6) is 0 Å². The van der Waals surface area contributed by atoms with E-state index in [9.17, 15) is 17.6 Å². The van der Waals surface area contributed by atoms with Crippen molar-refractivity contribution >= 4 is 21.6 Å². The van der Waals surface area contributed by atoms with Crippen molar-refractivity contribution in [2.24, 2.45) is 5.73 Å². The number of hydrogen-bond donors (Lipinski definition) is 3. The summed E-state index contributed by atoms with van der Waals surface area (Å²) in [4.78, 5) is 13.7. The molecule has 2 fully saturated rings. The van der Waals surface area contributed by atoms with Crippen molar-refractivity contribution in [3.05, 3.63) is 100 Å². The molecule has 43 heavy (non-hydrogen) atoms. The van der Waals surface area contributed by atoms with Crippen LogP contribution in [0.25, 0.3) is 0 Å². The van der Waals surface area contributed by atoms with Crippen LogP contribution in [0.1, 0.15) is 59.4 Å². The molecule has 2 saturated heterocycles. The fourth-order valence-electron chi connectivity index (χ4n) is 6.92. The molecule has 1 aliphatic carbocycles. The van der Waals surface area contributed by atoms with E-state index >= 15 is 4.39 Å². The zero-order chi connectivity index (χ0) is 30.1. The lowest BCUT2D eigenvalue weighted by molar-refractivity contribution is -0.117. The summed E-state index contributed by atoms with van der Waals surface area (Å²) < 4.78 is 56.4. The highest BCUT2D eigenvalue weighted by molar-refractivity contribution is 7.89. The molecule has 3 aliphatic rings. The van der Waals surface area contributed by atoms with E-state index in [0.717, 1.165) is 31.2 Å². The van der Waals surface area contributed by atoms with Gasteiger partial charge in [-0.2, -0.15) is 4.31 Å². The van der Waals surface area contributed by atoms with Crippen LogP contribution in [0.15, 0.2) is 60.7 Å². The molecule has 2 bridgehead atoms. The first-order valence-corrected chi connectivity index (χ1v) is 16.7. The van der Waals surface area contributed by atoms with Crippen LogP contribution in [-0.2, 0) is 34.1 Å². The number of rotatable bonds is 8. The zero-order valence-corrected chi connectivity index (χ0v) is 24.9. The Bertz CT molecular complexity index is 1600. The summed E-state index contributed by atoms with van der Waals surface area (Å²) in [6, 6.07) is 15.5. The maximum atomic E-state index is 15.2. The normalized spacial score (nSPS) is 24.0. The molecule has 3 aromatic rings. The van der Waals surface area contributed by atoms with Gasteiger partial charge >= 0.3 is 0 Å². The molecule has 3 aromatic carbocycles. The number of carbonyl (C=O) groups is 1. The Kier molecular flexibility index (Phi) is 8.64. The van der Waals surface area contributed by atoms with E-state index in [4.69, 9.17) is 5.73 Å². The number of carbonyl (C=O) groups excluding carboxylic acids is 1. The van der Waals surface area contributed by atoms with Gasteiger partial charge in [0.1, 0.15) is 11.6 Å². The van der Waals surface area contributed by atoms with E-state index in [-0.39, 0.29) is 30.1 Å². The van der Waals surface area contributed by atoms with Crippen LogP contribution in [0, 0.1) is 11.6 Å². The molecule has 6 rings (SSSR count). The van der Waals surface area contributed by atoms with Gasteiger partial charge in [-0.3, -0.25) is 4.79 Å². The SMILES string of the molecule is NC(C(=O)Nc1cccc(F)c1CCC1CNC2CCCS(=O)(=O)N1C2)C(c1ccc(F)cc1)c1ccc2c(c1)CCC2. The Labute approximate surface area is 251 Å². The highest BCUT2D eigenvalue weighted by Crippen LogP contribution is 2.33. The number of nitrogens with zero attached hydrogens (tertiary/aromatic N) is 1. The molecule has 1 amide bonds. The lowest BCUT2D eigenvalue weighted by Gasteiger charge is -2.37. The minimum absolute atomic E-state index is 0.125. The molecule has 5 unspecified atom stereocenters. The zero-order valence-electron chi connectivity index (χ0n) is 24.1. The Morgan fingerprint density at radius 2 is 1.79 bits per heavy atom. The van der Waals surface area contributed by atoms with Gasteiger partial charge in [0.25, 0.3) is 0 Å². The highest BCUT2D eigenvalue weighted by Gasteiger charge is 2.38. The van der Waals surface area contributed by atoms with Gasteiger partial charge in [0.05, 0.1) is 11.8 Å². The summed E-state index contributed by atoms with van der Waals surface area (Å²) in [6.45, 7) is 0.932. The van der Waals surface area contributed by atoms with Gasteiger partial charge in [-0.05, 0) is 91.5 Å². The number of anilines is 1. The Morgan fingerprint density at radius 1 is 1.02 bits per heavy atom. The molecule has 2 heterocycles. The topological polar surface area (TPSA) is 105 Å². The van der Waals surface area contributed by atoms with Gasteiger partial charge < -0.3 is 16.4 Å². The molecule has 0 spiro atoms. The number of amides is 1. The molecule has 4 N–H and O–H groups in total. The molecule has 228 valence electrons. The van der Waals surface area contributed by atoms with Crippen LogP contribution >= 0.6 is 0 Å². The number of piperazine rings is 1. The van der Waals surface area contributed by atoms with Crippen LogP contribution < -0.4 is 16.4 Å². The van der Waals surface area contributed by atoms with E-state index in [1.165, 1.54) is 35.4 Å². The third kappa shape index (κ3) is 6.38. The van der Waals surface area contributed by atoms with Gasteiger partial charge in [0, 0.05) is 42.3 Å². The van der Waals surface area contributed by atoms with Gasteiger partial charge in [0.15, 0.2) is 0 Å². The second kappa shape index (κ2) is 12.4. The first kappa shape index (κ1) is 29.9. The number of sulfonamides is 1.